The van der Waals surface area contributed by atoms with Gasteiger partial charge in [-0.2, -0.15) is 0 Å². The van der Waals surface area contributed by atoms with E-state index >= 15 is 0 Å². The molecule has 3 nitrogen and oxygen atoms in total. The SMILES string of the molecule is O=C(NCc1cccnc1-c1cccs1)C1CCC1. The number of nitrogens with one attached hydrogen (secondary N) is 1. The van der Waals surface area contributed by atoms with Gasteiger partial charge in [-0.05, 0) is 35.9 Å². The van der Waals surface area contributed by atoms with Crippen molar-refractivity contribution in [3.8, 4) is 10.6 Å². The summed E-state index contributed by atoms with van der Waals surface area (Å²) in [5.41, 5.74) is 2.06. The minimum Gasteiger partial charge on any atom is -0.352 e. The van der Waals surface area contributed by atoms with Crippen molar-refractivity contribution >= 4 is 17.2 Å². The van der Waals surface area contributed by atoms with Gasteiger partial charge in [0.15, 0.2) is 0 Å². The summed E-state index contributed by atoms with van der Waals surface area (Å²) in [7, 11) is 0. The molecule has 1 aliphatic carbocycles. The zero-order valence-electron chi connectivity index (χ0n) is 10.6. The molecule has 2 aromatic heterocycles. The highest BCUT2D eigenvalue weighted by atomic mass is 32.1. The summed E-state index contributed by atoms with van der Waals surface area (Å²) in [4.78, 5) is 17.5. The number of amides is 1. The van der Waals surface area contributed by atoms with Crippen LogP contribution in [-0.2, 0) is 11.3 Å². The number of aromatic nitrogens is 1. The monoisotopic (exact) mass is 272 g/mol. The van der Waals surface area contributed by atoms with Gasteiger partial charge in [0, 0.05) is 18.7 Å². The number of carbonyl (C=O) groups is 1. The summed E-state index contributed by atoms with van der Waals surface area (Å²) < 4.78 is 0. The normalized spacial score (nSPS) is 14.9. The number of pyridine rings is 1. The minimum absolute atomic E-state index is 0.187. The van der Waals surface area contributed by atoms with Crippen LogP contribution in [-0.4, -0.2) is 10.9 Å². The number of hydrogen-bond donors (Lipinski definition) is 1. The third-order valence-corrected chi connectivity index (χ3v) is 4.45. The highest BCUT2D eigenvalue weighted by molar-refractivity contribution is 7.13. The average molecular weight is 272 g/mol. The van der Waals surface area contributed by atoms with E-state index in [1.165, 1.54) is 6.42 Å². The van der Waals surface area contributed by atoms with Crippen molar-refractivity contribution < 1.29 is 4.79 Å². The lowest BCUT2D eigenvalue weighted by Crippen LogP contribution is -2.34. The second-order valence-corrected chi connectivity index (χ2v) is 5.78. The molecule has 2 aromatic rings. The molecule has 1 amide bonds. The molecule has 1 fully saturated rings. The average Bonchev–Trinajstić information content (AvgIpc) is 2.88. The molecule has 4 heteroatoms. The lowest BCUT2D eigenvalue weighted by atomic mass is 9.85. The summed E-state index contributed by atoms with van der Waals surface area (Å²) >= 11 is 1.67. The third-order valence-electron chi connectivity index (χ3n) is 3.57. The van der Waals surface area contributed by atoms with E-state index in [1.54, 1.807) is 17.5 Å². The maximum atomic E-state index is 11.9. The maximum Gasteiger partial charge on any atom is 0.223 e. The summed E-state index contributed by atoms with van der Waals surface area (Å²) in [6.45, 7) is 0.566. The van der Waals surface area contributed by atoms with E-state index in [0.29, 0.717) is 6.54 Å². The number of hydrogen-bond acceptors (Lipinski definition) is 3. The molecule has 0 unspecified atom stereocenters. The van der Waals surface area contributed by atoms with Crippen LogP contribution in [0.3, 0.4) is 0 Å². The highest BCUT2D eigenvalue weighted by Crippen LogP contribution is 2.27. The van der Waals surface area contributed by atoms with E-state index in [9.17, 15) is 4.79 Å². The number of thiophene rings is 1. The fraction of sp³-hybridized carbons (Fsp3) is 0.333. The fourth-order valence-electron chi connectivity index (χ4n) is 2.21. The van der Waals surface area contributed by atoms with Gasteiger partial charge in [-0.1, -0.05) is 18.6 Å². The Balaban J connectivity index is 1.72. The van der Waals surface area contributed by atoms with E-state index in [2.05, 4.69) is 16.4 Å². The topological polar surface area (TPSA) is 42.0 Å². The second kappa shape index (κ2) is 5.53. The lowest BCUT2D eigenvalue weighted by Gasteiger charge is -2.24. The first-order valence-electron chi connectivity index (χ1n) is 6.60. The smallest absolute Gasteiger partial charge is 0.223 e. The van der Waals surface area contributed by atoms with Gasteiger partial charge in [0.2, 0.25) is 5.91 Å². The van der Waals surface area contributed by atoms with Gasteiger partial charge in [-0.25, -0.2) is 0 Å². The van der Waals surface area contributed by atoms with Gasteiger partial charge >= 0.3 is 0 Å². The standard InChI is InChI=1S/C15H16N2OS/c18-15(11-4-1-5-11)17-10-12-6-2-8-16-14(12)13-7-3-9-19-13/h2-3,6-9,11H,1,4-5,10H2,(H,17,18). The van der Waals surface area contributed by atoms with Crippen molar-refractivity contribution in [3.63, 3.8) is 0 Å². The number of nitrogens with zero attached hydrogens (tertiary/aromatic N) is 1. The molecule has 0 saturated heterocycles. The Kier molecular flexibility index (Phi) is 3.60. The van der Waals surface area contributed by atoms with Crippen molar-refractivity contribution in [1.82, 2.24) is 10.3 Å². The quantitative estimate of drug-likeness (QED) is 0.928. The van der Waals surface area contributed by atoms with Gasteiger partial charge in [0.25, 0.3) is 0 Å². The Bertz CT molecular complexity index is 561. The van der Waals surface area contributed by atoms with Gasteiger partial charge < -0.3 is 5.32 Å². The lowest BCUT2D eigenvalue weighted by molar-refractivity contribution is -0.127. The van der Waals surface area contributed by atoms with Crippen molar-refractivity contribution in [1.29, 1.82) is 0 Å². The Morgan fingerprint density at radius 1 is 1.37 bits per heavy atom. The molecule has 19 heavy (non-hydrogen) atoms. The predicted molar refractivity (Wildman–Crippen MR) is 76.7 cm³/mol. The zero-order valence-corrected chi connectivity index (χ0v) is 11.5. The molecule has 0 spiro atoms. The number of carbonyl (C=O) groups excluding carboxylic acids is 1. The molecule has 98 valence electrons. The molecule has 0 radical (unpaired) electrons. The number of rotatable bonds is 4. The molecule has 1 aliphatic rings. The summed E-state index contributed by atoms with van der Waals surface area (Å²) in [5, 5.41) is 5.07. The Labute approximate surface area is 116 Å². The van der Waals surface area contributed by atoms with Crippen LogP contribution in [0.5, 0.6) is 0 Å². The van der Waals surface area contributed by atoms with Crippen LogP contribution >= 0.6 is 11.3 Å². The Morgan fingerprint density at radius 3 is 2.95 bits per heavy atom. The Hall–Kier alpha value is -1.68. The zero-order chi connectivity index (χ0) is 13.1. The van der Waals surface area contributed by atoms with Crippen LogP contribution in [0.15, 0.2) is 35.8 Å². The van der Waals surface area contributed by atoms with Crippen LogP contribution in [0.25, 0.3) is 10.6 Å². The fourth-order valence-corrected chi connectivity index (χ4v) is 2.97. The van der Waals surface area contributed by atoms with Crippen molar-refractivity contribution in [2.75, 3.05) is 0 Å². The van der Waals surface area contributed by atoms with Crippen LogP contribution in [0, 0.1) is 5.92 Å². The molecule has 0 bridgehead atoms. The van der Waals surface area contributed by atoms with Crippen LogP contribution in [0.1, 0.15) is 24.8 Å². The van der Waals surface area contributed by atoms with E-state index in [0.717, 1.165) is 29.0 Å². The van der Waals surface area contributed by atoms with E-state index < -0.39 is 0 Å². The molecule has 3 rings (SSSR count). The molecular formula is C15H16N2OS. The molecule has 0 atom stereocenters. The van der Waals surface area contributed by atoms with Crippen LogP contribution in [0.2, 0.25) is 0 Å². The molecular weight excluding hydrogens is 256 g/mol. The van der Waals surface area contributed by atoms with E-state index in [4.69, 9.17) is 0 Å². The van der Waals surface area contributed by atoms with Gasteiger partial charge in [0.1, 0.15) is 0 Å². The summed E-state index contributed by atoms with van der Waals surface area (Å²) in [6, 6.07) is 8.03. The van der Waals surface area contributed by atoms with Gasteiger partial charge in [-0.15, -0.1) is 11.3 Å². The van der Waals surface area contributed by atoms with E-state index in [-0.39, 0.29) is 11.8 Å². The second-order valence-electron chi connectivity index (χ2n) is 4.83. The summed E-state index contributed by atoms with van der Waals surface area (Å²) in [6.07, 6.45) is 5.06. The van der Waals surface area contributed by atoms with E-state index in [1.807, 2.05) is 23.6 Å². The predicted octanol–water partition coefficient (Wildman–Crippen LogP) is 3.23. The maximum absolute atomic E-state index is 11.9. The highest BCUT2D eigenvalue weighted by Gasteiger charge is 2.24. The van der Waals surface area contributed by atoms with Crippen molar-refractivity contribution in [2.45, 2.75) is 25.8 Å². The minimum atomic E-state index is 0.187. The van der Waals surface area contributed by atoms with Crippen molar-refractivity contribution in [2.24, 2.45) is 5.92 Å². The molecule has 1 N–H and O–H groups in total. The first kappa shape index (κ1) is 12.4. The van der Waals surface area contributed by atoms with Crippen LogP contribution in [0.4, 0.5) is 0 Å². The van der Waals surface area contributed by atoms with Gasteiger partial charge in [-0.3, -0.25) is 9.78 Å². The third kappa shape index (κ3) is 2.68. The molecule has 1 saturated carbocycles. The first-order chi connectivity index (χ1) is 9.34. The van der Waals surface area contributed by atoms with Crippen LogP contribution < -0.4 is 5.32 Å². The molecule has 0 aliphatic heterocycles. The van der Waals surface area contributed by atoms with Gasteiger partial charge in [0.05, 0.1) is 10.6 Å². The first-order valence-corrected chi connectivity index (χ1v) is 7.48. The van der Waals surface area contributed by atoms with Crippen molar-refractivity contribution in [3.05, 3.63) is 41.4 Å². The molecule has 0 aromatic carbocycles. The largest absolute Gasteiger partial charge is 0.352 e. The molecule has 2 heterocycles. The Morgan fingerprint density at radius 2 is 2.26 bits per heavy atom. The summed E-state index contributed by atoms with van der Waals surface area (Å²) in [5.74, 6) is 0.425.